The van der Waals surface area contributed by atoms with Gasteiger partial charge in [-0.15, -0.1) is 0 Å². The summed E-state index contributed by atoms with van der Waals surface area (Å²) < 4.78 is 9.57. The molecule has 0 heterocycles. The van der Waals surface area contributed by atoms with Crippen LogP contribution >= 0.6 is 7.82 Å². The van der Waals surface area contributed by atoms with Gasteiger partial charge < -0.3 is 29.4 Å². The first kappa shape index (κ1) is 16.4. The summed E-state index contributed by atoms with van der Waals surface area (Å²) >= 11 is 0. The largest absolute Gasteiger partial charge is 0.466 e. The number of phosphoric acid groups is 1. The molecule has 0 fully saturated rings. The van der Waals surface area contributed by atoms with Crippen molar-refractivity contribution in [2.24, 2.45) is 0 Å². The van der Waals surface area contributed by atoms with Crippen LogP contribution in [0.5, 0.6) is 0 Å². The molecule has 0 saturated carbocycles. The third-order valence-electron chi connectivity index (χ3n) is 1.41. The van der Waals surface area contributed by atoms with Gasteiger partial charge >= 0.3 is 7.82 Å². The quantitative estimate of drug-likeness (QED) is 0.286. The molecule has 0 unspecified atom stereocenters. The summed E-state index contributed by atoms with van der Waals surface area (Å²) in [6.45, 7) is 1.79. The van der Waals surface area contributed by atoms with Crippen molar-refractivity contribution in [3.63, 3.8) is 0 Å². The molecule has 14 heavy (non-hydrogen) atoms. The second-order valence-electron chi connectivity index (χ2n) is 3.34. The zero-order valence-corrected chi connectivity index (χ0v) is 9.26. The Bertz CT molecular complexity index is 163. The van der Waals surface area contributed by atoms with E-state index in [0.29, 0.717) is 17.6 Å². The van der Waals surface area contributed by atoms with Gasteiger partial charge in [0.25, 0.3) is 0 Å². The maximum Gasteiger partial charge on any atom is 0.466 e. The summed E-state index contributed by atoms with van der Waals surface area (Å²) in [5, 5.41) is 17.1. The normalized spacial score (nSPS) is 11.9. The Labute approximate surface area is 83.1 Å². The van der Waals surface area contributed by atoms with E-state index in [4.69, 9.17) is 29.5 Å². The molecule has 8 heteroatoms. The van der Waals surface area contributed by atoms with Crippen molar-refractivity contribution >= 4 is 7.82 Å². The number of likely N-dealkylation sites (N-methyl/N-ethyl adjacent to an activating group) is 1. The Balaban J connectivity index is 0. The van der Waals surface area contributed by atoms with Crippen molar-refractivity contribution in [3.05, 3.63) is 0 Å². The predicted octanol–water partition coefficient (Wildman–Crippen LogP) is -1.88. The molecule has 0 aromatic rings. The summed E-state index contributed by atoms with van der Waals surface area (Å²) in [6.07, 6.45) is 0. The van der Waals surface area contributed by atoms with Gasteiger partial charge in [-0.25, -0.2) is 4.57 Å². The Kier molecular flexibility index (Phi) is 8.57. The smallest absolute Gasteiger partial charge is 0.391 e. The lowest BCUT2D eigenvalue weighted by molar-refractivity contribution is -0.890. The van der Waals surface area contributed by atoms with Crippen LogP contribution in [0, 0.1) is 0 Å². The fourth-order valence-corrected chi connectivity index (χ4v) is 0.653. The first-order chi connectivity index (χ1) is 6.12. The third-order valence-corrected chi connectivity index (χ3v) is 1.41. The highest BCUT2D eigenvalue weighted by Crippen LogP contribution is 2.25. The number of rotatable bonds is 4. The van der Waals surface area contributed by atoms with Crippen molar-refractivity contribution in [2.75, 3.05) is 40.4 Å². The van der Waals surface area contributed by atoms with Crippen LogP contribution in [-0.2, 0) is 4.57 Å². The zero-order valence-electron chi connectivity index (χ0n) is 8.37. The van der Waals surface area contributed by atoms with Gasteiger partial charge in [-0.1, -0.05) is 0 Å². The molecule has 0 atom stereocenters. The van der Waals surface area contributed by atoms with Gasteiger partial charge in [-0.3, -0.25) is 0 Å². The van der Waals surface area contributed by atoms with Gasteiger partial charge in [-0.05, 0) is 0 Å². The SMILES string of the molecule is C[N+](C)(CCO)CCO.O=P(O)(O)O. The van der Waals surface area contributed by atoms with E-state index in [9.17, 15) is 0 Å². The molecular formula is C6H19NO6P+. The van der Waals surface area contributed by atoms with Crippen LogP contribution < -0.4 is 0 Å². The van der Waals surface area contributed by atoms with Crippen molar-refractivity contribution in [1.29, 1.82) is 0 Å². The molecule has 7 nitrogen and oxygen atoms in total. The highest BCUT2D eigenvalue weighted by atomic mass is 31.2. The number of hydrogen-bond acceptors (Lipinski definition) is 3. The van der Waals surface area contributed by atoms with Gasteiger partial charge in [-0.2, -0.15) is 0 Å². The third kappa shape index (κ3) is 22.7. The predicted molar refractivity (Wildman–Crippen MR) is 50.3 cm³/mol. The molecule has 0 aliphatic heterocycles. The average Bonchev–Trinajstić information content (AvgIpc) is 1.81. The molecule has 0 aromatic carbocycles. The van der Waals surface area contributed by atoms with Crippen molar-refractivity contribution < 1.29 is 33.9 Å². The van der Waals surface area contributed by atoms with E-state index in [-0.39, 0.29) is 13.2 Å². The minimum absolute atomic E-state index is 0.188. The lowest BCUT2D eigenvalue weighted by atomic mass is 10.4. The molecule has 0 rings (SSSR count). The molecule has 0 aliphatic rings. The van der Waals surface area contributed by atoms with E-state index in [1.807, 2.05) is 14.1 Å². The molecule has 0 bridgehead atoms. The Morgan fingerprint density at radius 2 is 1.21 bits per heavy atom. The fourth-order valence-electron chi connectivity index (χ4n) is 0.653. The molecule has 0 amide bonds. The van der Waals surface area contributed by atoms with Crippen LogP contribution in [0.25, 0.3) is 0 Å². The number of aliphatic hydroxyl groups excluding tert-OH is 2. The minimum atomic E-state index is -4.64. The molecule has 88 valence electrons. The number of nitrogens with zero attached hydrogens (tertiary/aromatic N) is 1. The van der Waals surface area contributed by atoms with E-state index in [1.54, 1.807) is 0 Å². The van der Waals surface area contributed by atoms with Gasteiger partial charge in [0.05, 0.1) is 27.3 Å². The maximum atomic E-state index is 8.88. The molecular weight excluding hydrogens is 213 g/mol. The molecule has 0 aromatic heterocycles. The zero-order chi connectivity index (χ0) is 11.8. The van der Waals surface area contributed by atoms with Crippen molar-refractivity contribution in [2.45, 2.75) is 0 Å². The van der Waals surface area contributed by atoms with Crippen LogP contribution in [0.1, 0.15) is 0 Å². The van der Waals surface area contributed by atoms with Crippen LogP contribution in [-0.4, -0.2) is 69.8 Å². The summed E-state index contributed by atoms with van der Waals surface area (Å²) in [5.74, 6) is 0. The lowest BCUT2D eigenvalue weighted by Crippen LogP contribution is -2.43. The van der Waals surface area contributed by atoms with E-state index < -0.39 is 7.82 Å². The van der Waals surface area contributed by atoms with E-state index in [2.05, 4.69) is 0 Å². The van der Waals surface area contributed by atoms with E-state index >= 15 is 0 Å². The minimum Gasteiger partial charge on any atom is -0.391 e. The average molecular weight is 232 g/mol. The number of quaternary nitrogens is 1. The standard InChI is InChI=1S/C6H16NO2.H3O4P/c1-7(2,3-5-8)4-6-9;1-5(2,3)4/h8-9H,3-6H2,1-2H3;(H3,1,2,3,4)/q+1;. The number of aliphatic hydroxyl groups is 2. The maximum absolute atomic E-state index is 8.88. The Morgan fingerprint density at radius 3 is 1.36 bits per heavy atom. The molecule has 0 spiro atoms. The van der Waals surface area contributed by atoms with Crippen LogP contribution in [0.2, 0.25) is 0 Å². The second-order valence-corrected chi connectivity index (χ2v) is 4.37. The molecule has 0 aliphatic carbocycles. The Morgan fingerprint density at radius 1 is 1.00 bits per heavy atom. The summed E-state index contributed by atoms with van der Waals surface area (Å²) in [5.41, 5.74) is 0. The van der Waals surface area contributed by atoms with Crippen LogP contribution in [0.4, 0.5) is 0 Å². The van der Waals surface area contributed by atoms with Gasteiger partial charge in [0.15, 0.2) is 0 Å². The molecule has 0 radical (unpaired) electrons. The summed E-state index contributed by atoms with van der Waals surface area (Å²) in [6, 6.07) is 0. The molecule has 5 N–H and O–H groups in total. The van der Waals surface area contributed by atoms with Crippen LogP contribution in [0.3, 0.4) is 0 Å². The summed E-state index contributed by atoms with van der Waals surface area (Å²) in [7, 11) is -0.682. The van der Waals surface area contributed by atoms with Gasteiger partial charge in [0.1, 0.15) is 13.1 Å². The Hall–Kier alpha value is -0.0100. The second kappa shape index (κ2) is 7.30. The highest BCUT2D eigenvalue weighted by Gasteiger charge is 2.11. The van der Waals surface area contributed by atoms with E-state index in [0.717, 1.165) is 0 Å². The van der Waals surface area contributed by atoms with Gasteiger partial charge in [0.2, 0.25) is 0 Å². The van der Waals surface area contributed by atoms with Crippen molar-refractivity contribution in [3.8, 4) is 0 Å². The lowest BCUT2D eigenvalue weighted by Gasteiger charge is -2.27. The topological polar surface area (TPSA) is 118 Å². The van der Waals surface area contributed by atoms with Gasteiger partial charge in [0, 0.05) is 0 Å². The molecule has 0 saturated heterocycles. The monoisotopic (exact) mass is 232 g/mol. The van der Waals surface area contributed by atoms with Crippen molar-refractivity contribution in [1.82, 2.24) is 0 Å². The van der Waals surface area contributed by atoms with E-state index in [1.165, 1.54) is 0 Å². The summed E-state index contributed by atoms with van der Waals surface area (Å²) in [4.78, 5) is 21.6. The van der Waals surface area contributed by atoms with Crippen LogP contribution in [0.15, 0.2) is 0 Å². The number of hydrogen-bond donors (Lipinski definition) is 5. The highest BCUT2D eigenvalue weighted by molar-refractivity contribution is 7.45. The fraction of sp³-hybridized carbons (Fsp3) is 1.00. The first-order valence-corrected chi connectivity index (χ1v) is 5.51. The first-order valence-electron chi connectivity index (χ1n) is 3.94.